The molecule has 0 aliphatic rings. The van der Waals surface area contributed by atoms with Crippen molar-refractivity contribution < 1.29 is 9.13 Å². The van der Waals surface area contributed by atoms with E-state index in [1.165, 1.54) is 0 Å². The number of hydrogen-bond donors (Lipinski definition) is 1. The Labute approximate surface area is 89.6 Å². The average molecular weight is 209 g/mol. The van der Waals surface area contributed by atoms with E-state index in [2.05, 4.69) is 6.58 Å². The molecule has 0 aliphatic carbocycles. The summed E-state index contributed by atoms with van der Waals surface area (Å²) in [5.74, 6) is -0.0689. The zero-order valence-corrected chi connectivity index (χ0v) is 8.71. The van der Waals surface area contributed by atoms with Gasteiger partial charge < -0.3 is 10.5 Å². The molecule has 0 radical (unpaired) electrons. The lowest BCUT2D eigenvalue weighted by atomic mass is 10.2. The largest absolute Gasteiger partial charge is 0.490 e. The number of hydrogen-bond acceptors (Lipinski definition) is 2. The molecular formula is C12H16FNO. The predicted molar refractivity (Wildman–Crippen MR) is 59.2 cm³/mol. The minimum atomic E-state index is -0.349. The van der Waals surface area contributed by atoms with E-state index in [9.17, 15) is 4.39 Å². The highest BCUT2D eigenvalue weighted by molar-refractivity contribution is 5.30. The van der Waals surface area contributed by atoms with Gasteiger partial charge >= 0.3 is 0 Å². The first-order valence-electron chi connectivity index (χ1n) is 5.00. The van der Waals surface area contributed by atoms with Crippen LogP contribution >= 0.6 is 0 Å². The van der Waals surface area contributed by atoms with Crippen LogP contribution < -0.4 is 10.5 Å². The van der Waals surface area contributed by atoms with Gasteiger partial charge in [0.15, 0.2) is 11.6 Å². The third-order valence-electron chi connectivity index (χ3n) is 2.07. The highest BCUT2D eigenvalue weighted by atomic mass is 19.1. The van der Waals surface area contributed by atoms with Gasteiger partial charge in [-0.15, -0.1) is 6.58 Å². The third-order valence-corrected chi connectivity index (χ3v) is 2.07. The molecule has 0 spiro atoms. The van der Waals surface area contributed by atoms with Crippen molar-refractivity contribution in [3.05, 3.63) is 42.2 Å². The van der Waals surface area contributed by atoms with Crippen LogP contribution in [0.5, 0.6) is 5.75 Å². The summed E-state index contributed by atoms with van der Waals surface area (Å²) in [5, 5.41) is 0. The van der Waals surface area contributed by atoms with E-state index in [-0.39, 0.29) is 18.1 Å². The Kier molecular flexibility index (Phi) is 4.84. The van der Waals surface area contributed by atoms with Crippen molar-refractivity contribution in [2.45, 2.75) is 19.4 Å². The van der Waals surface area contributed by atoms with Crippen LogP contribution in [0, 0.1) is 5.82 Å². The summed E-state index contributed by atoms with van der Waals surface area (Å²) >= 11 is 0. The zero-order valence-electron chi connectivity index (χ0n) is 8.71. The molecule has 0 bridgehead atoms. The maximum absolute atomic E-state index is 13.6. The van der Waals surface area contributed by atoms with Crippen molar-refractivity contribution >= 4 is 0 Å². The van der Waals surface area contributed by atoms with E-state index >= 15 is 0 Å². The molecule has 15 heavy (non-hydrogen) atoms. The standard InChI is InChI=1S/C12H16FNO/c1-2-3-4-8-15-11-7-5-6-10(9-14)12(11)13/h2,5-7H,1,3-4,8-9,14H2. The van der Waals surface area contributed by atoms with E-state index in [1.54, 1.807) is 18.2 Å². The molecule has 0 unspecified atom stereocenters. The van der Waals surface area contributed by atoms with Crippen molar-refractivity contribution in [1.82, 2.24) is 0 Å². The summed E-state index contributed by atoms with van der Waals surface area (Å²) in [7, 11) is 0. The van der Waals surface area contributed by atoms with Gasteiger partial charge in [0.2, 0.25) is 0 Å². The molecule has 0 amide bonds. The van der Waals surface area contributed by atoms with Gasteiger partial charge in [-0.1, -0.05) is 18.2 Å². The monoisotopic (exact) mass is 209 g/mol. The molecule has 3 heteroatoms. The fourth-order valence-corrected chi connectivity index (χ4v) is 1.24. The summed E-state index contributed by atoms with van der Waals surface area (Å²) < 4.78 is 18.9. The minimum Gasteiger partial charge on any atom is -0.490 e. The second kappa shape index (κ2) is 6.19. The topological polar surface area (TPSA) is 35.2 Å². The van der Waals surface area contributed by atoms with E-state index < -0.39 is 0 Å². The number of rotatable bonds is 6. The number of benzene rings is 1. The highest BCUT2D eigenvalue weighted by Gasteiger charge is 2.06. The molecule has 0 fully saturated rings. The Morgan fingerprint density at radius 2 is 2.27 bits per heavy atom. The van der Waals surface area contributed by atoms with Gasteiger partial charge in [-0.3, -0.25) is 0 Å². The number of ether oxygens (including phenoxy) is 1. The van der Waals surface area contributed by atoms with Crippen molar-refractivity contribution in [2.75, 3.05) is 6.61 Å². The van der Waals surface area contributed by atoms with Crippen molar-refractivity contribution in [3.63, 3.8) is 0 Å². The van der Waals surface area contributed by atoms with Crippen LogP contribution in [0.3, 0.4) is 0 Å². The molecule has 0 atom stereocenters. The predicted octanol–water partition coefficient (Wildman–Crippen LogP) is 2.63. The highest BCUT2D eigenvalue weighted by Crippen LogP contribution is 2.20. The SMILES string of the molecule is C=CCCCOc1cccc(CN)c1F. The molecule has 0 aliphatic heterocycles. The molecule has 2 N–H and O–H groups in total. The van der Waals surface area contributed by atoms with Gasteiger partial charge in [0.05, 0.1) is 6.61 Å². The molecule has 0 aromatic heterocycles. The summed E-state index contributed by atoms with van der Waals surface area (Å²) in [6.45, 7) is 4.29. The van der Waals surface area contributed by atoms with Crippen LogP contribution in [0.4, 0.5) is 4.39 Å². The van der Waals surface area contributed by atoms with Crippen LogP contribution in [0.2, 0.25) is 0 Å². The summed E-state index contributed by atoms with van der Waals surface area (Å²) in [6.07, 6.45) is 3.53. The van der Waals surface area contributed by atoms with Gasteiger partial charge in [0.1, 0.15) is 0 Å². The molecular weight excluding hydrogens is 193 g/mol. The Balaban J connectivity index is 2.56. The van der Waals surface area contributed by atoms with Crippen LogP contribution in [-0.2, 0) is 6.54 Å². The number of allylic oxidation sites excluding steroid dienone is 1. The van der Waals surface area contributed by atoms with Gasteiger partial charge in [0, 0.05) is 12.1 Å². The molecule has 2 nitrogen and oxygen atoms in total. The molecule has 0 saturated carbocycles. The minimum absolute atomic E-state index is 0.190. The van der Waals surface area contributed by atoms with Gasteiger partial charge in [0.25, 0.3) is 0 Å². The van der Waals surface area contributed by atoms with Crippen LogP contribution in [-0.4, -0.2) is 6.61 Å². The van der Waals surface area contributed by atoms with E-state index in [4.69, 9.17) is 10.5 Å². The van der Waals surface area contributed by atoms with Crippen molar-refractivity contribution in [1.29, 1.82) is 0 Å². The number of nitrogens with two attached hydrogens (primary N) is 1. The Hall–Kier alpha value is -1.35. The Morgan fingerprint density at radius 3 is 2.93 bits per heavy atom. The molecule has 82 valence electrons. The van der Waals surface area contributed by atoms with Crippen molar-refractivity contribution in [3.8, 4) is 5.75 Å². The lowest BCUT2D eigenvalue weighted by molar-refractivity contribution is 0.295. The molecule has 1 aromatic rings. The summed E-state index contributed by atoms with van der Waals surface area (Å²) in [6, 6.07) is 5.02. The zero-order chi connectivity index (χ0) is 11.1. The molecule has 0 heterocycles. The van der Waals surface area contributed by atoms with E-state index in [1.807, 2.05) is 6.08 Å². The van der Waals surface area contributed by atoms with Crippen LogP contribution in [0.15, 0.2) is 30.9 Å². The first-order chi connectivity index (χ1) is 7.29. The van der Waals surface area contributed by atoms with Crippen LogP contribution in [0.25, 0.3) is 0 Å². The second-order valence-corrected chi connectivity index (χ2v) is 3.21. The van der Waals surface area contributed by atoms with E-state index in [0.29, 0.717) is 12.2 Å². The van der Waals surface area contributed by atoms with Gasteiger partial charge in [-0.2, -0.15) is 0 Å². The Morgan fingerprint density at radius 1 is 1.47 bits per heavy atom. The first-order valence-corrected chi connectivity index (χ1v) is 5.00. The third kappa shape index (κ3) is 3.36. The first kappa shape index (κ1) is 11.7. The fourth-order valence-electron chi connectivity index (χ4n) is 1.24. The molecule has 1 rings (SSSR count). The van der Waals surface area contributed by atoms with E-state index in [0.717, 1.165) is 12.8 Å². The summed E-state index contributed by atoms with van der Waals surface area (Å²) in [4.78, 5) is 0. The van der Waals surface area contributed by atoms with Gasteiger partial charge in [-0.05, 0) is 18.9 Å². The molecule has 1 aromatic carbocycles. The number of unbranched alkanes of at least 4 members (excludes halogenated alkanes) is 1. The van der Waals surface area contributed by atoms with Gasteiger partial charge in [-0.25, -0.2) is 4.39 Å². The summed E-state index contributed by atoms with van der Waals surface area (Å²) in [5.41, 5.74) is 5.87. The molecule has 0 saturated heterocycles. The number of halogens is 1. The maximum atomic E-state index is 13.6. The second-order valence-electron chi connectivity index (χ2n) is 3.21. The maximum Gasteiger partial charge on any atom is 0.169 e. The average Bonchev–Trinajstić information content (AvgIpc) is 2.26. The lowest BCUT2D eigenvalue weighted by Crippen LogP contribution is -2.04. The lowest BCUT2D eigenvalue weighted by Gasteiger charge is -2.08. The normalized spacial score (nSPS) is 10.0. The quantitative estimate of drug-likeness (QED) is 0.577. The van der Waals surface area contributed by atoms with Crippen molar-refractivity contribution in [2.24, 2.45) is 5.73 Å². The fraction of sp³-hybridized carbons (Fsp3) is 0.333. The Bertz CT molecular complexity index is 325. The smallest absolute Gasteiger partial charge is 0.169 e. The van der Waals surface area contributed by atoms with Crippen LogP contribution in [0.1, 0.15) is 18.4 Å².